The second-order valence-electron chi connectivity index (χ2n) is 17.4. The Kier molecular flexibility index (Phi) is 17.0. The van der Waals surface area contributed by atoms with Crippen molar-refractivity contribution in [2.45, 2.75) is 73.9 Å². The summed E-state index contributed by atoms with van der Waals surface area (Å²) in [5.74, 6) is -3.05. The summed E-state index contributed by atoms with van der Waals surface area (Å²) in [6.45, 7) is -7.69. The molecule has 0 radical (unpaired) electrons. The number of hydrogen-bond donors (Lipinski definition) is 10. The van der Waals surface area contributed by atoms with Gasteiger partial charge in [0, 0.05) is 51.6 Å². The molecule has 0 aromatic carbocycles. The van der Waals surface area contributed by atoms with Gasteiger partial charge in [0.15, 0.2) is 30.2 Å². The van der Waals surface area contributed by atoms with Crippen LogP contribution in [-0.4, -0.2) is 173 Å². The zero-order valence-electron chi connectivity index (χ0n) is 40.1. The van der Waals surface area contributed by atoms with Crippen LogP contribution < -0.4 is 37.7 Å². The number of carbonyl (C=O) groups is 1. The van der Waals surface area contributed by atoms with Crippen molar-refractivity contribution in [2.75, 3.05) is 51.6 Å². The lowest BCUT2D eigenvalue weighted by atomic mass is 9.94. The number of aryl methyl sites for hydroxylation is 1. The van der Waals surface area contributed by atoms with E-state index in [0.717, 1.165) is 36.6 Å². The zero-order chi connectivity index (χ0) is 56.3. The first kappa shape index (κ1) is 58.4. The Bertz CT molecular complexity index is 3420. The summed E-state index contributed by atoms with van der Waals surface area (Å²) in [6, 6.07) is 0.919. The molecule has 4 unspecified atom stereocenters. The number of nitrogens with zero attached hydrogens (tertiary/aromatic N) is 9. The number of fused-ring (bicyclic) bond motifs is 2. The quantitative estimate of drug-likeness (QED) is 0.0247. The van der Waals surface area contributed by atoms with E-state index in [4.69, 9.17) is 44.0 Å². The molecule has 3 saturated heterocycles. The molecule has 12 N–H and O–H groups in total. The van der Waals surface area contributed by atoms with E-state index >= 15 is 0 Å². The third-order valence-electron chi connectivity index (χ3n) is 12.0. The number of H-pyrrole nitrogens is 2. The first-order valence-corrected chi connectivity index (χ1v) is 29.7. The van der Waals surface area contributed by atoms with E-state index in [1.807, 2.05) is 4.98 Å². The van der Waals surface area contributed by atoms with Gasteiger partial charge in [-0.05, 0) is 11.4 Å². The largest absolute Gasteiger partial charge is 0.756 e. The SMILES string of the molecule is CO[C@@H]1[C@H](OP(=O)([O-])OC[C@H]2O[C@@H](n3ccc(=O)[nH]c3=O)[C@H](O)[C@@H]2O)[C@@H](CSP(=O)(O)OP(=O)(O)OP(=O)(O)OC[C@H]2O[C@@H]([n+]3cn(C)c4c(=O)[nH]c(N)nc43)[C@H](O)[C@@H]2CC(=O)N(C)C)O[C@H]1n1cnc2c(N)ncnc21. The number of nitrogens with two attached hydrogens (primary N) is 2. The molecule has 8 heterocycles. The summed E-state index contributed by atoms with van der Waals surface area (Å²) in [4.78, 5) is 117. The fourth-order valence-electron chi connectivity index (χ4n) is 8.50. The Morgan fingerprint density at radius 2 is 1.60 bits per heavy atom. The average Bonchev–Trinajstić information content (AvgIpc) is 4.13. The van der Waals surface area contributed by atoms with Crippen molar-refractivity contribution in [2.24, 2.45) is 13.0 Å². The fraction of sp³-hybridized carbons (Fsp3) is 0.571. The summed E-state index contributed by atoms with van der Waals surface area (Å²) >= 11 is -0.197. The van der Waals surface area contributed by atoms with Crippen LogP contribution in [0.4, 0.5) is 11.8 Å². The first-order valence-electron chi connectivity index (χ1n) is 22.1. The van der Waals surface area contributed by atoms with Gasteiger partial charge in [-0.25, -0.2) is 38.0 Å². The number of rotatable bonds is 21. The molecule has 5 aromatic rings. The van der Waals surface area contributed by atoms with Crippen molar-refractivity contribution < 1.29 is 104 Å². The molecule has 3 fully saturated rings. The van der Waals surface area contributed by atoms with Crippen LogP contribution in [-0.2, 0) is 71.2 Å². The van der Waals surface area contributed by atoms with Gasteiger partial charge in [0.1, 0.15) is 48.5 Å². The van der Waals surface area contributed by atoms with Gasteiger partial charge < -0.3 is 79.3 Å². The number of anilines is 2. The molecule has 0 aliphatic carbocycles. The van der Waals surface area contributed by atoms with Gasteiger partial charge in [0.05, 0.1) is 38.8 Å². The van der Waals surface area contributed by atoms with Crippen LogP contribution in [0.15, 0.2) is 45.6 Å². The lowest BCUT2D eigenvalue weighted by Gasteiger charge is -2.31. The van der Waals surface area contributed by atoms with E-state index in [1.54, 1.807) is 0 Å². The monoisotopic (exact) mass is 1190 g/mol. The molecular formula is C35H49N13O24P4S. The molecule has 8 rings (SSSR count). The Morgan fingerprint density at radius 1 is 0.896 bits per heavy atom. The third kappa shape index (κ3) is 12.7. The summed E-state index contributed by atoms with van der Waals surface area (Å²) in [7, 11) is -12.3. The number of phosphoric ester groups is 2. The number of aromatic amines is 2. The van der Waals surface area contributed by atoms with Crippen LogP contribution in [0.2, 0.25) is 0 Å². The number of aliphatic hydroxyl groups excluding tert-OH is 3. The Balaban J connectivity index is 0.951. The van der Waals surface area contributed by atoms with Crippen LogP contribution in [0, 0.1) is 5.92 Å². The molecule has 16 atom stereocenters. The van der Waals surface area contributed by atoms with Crippen molar-refractivity contribution in [3.05, 3.63) is 62.4 Å². The molecule has 77 heavy (non-hydrogen) atoms. The van der Waals surface area contributed by atoms with E-state index in [9.17, 15) is 72.3 Å². The molecule has 37 nitrogen and oxygen atoms in total. The minimum atomic E-state index is -6.14. The van der Waals surface area contributed by atoms with Crippen LogP contribution in [0.5, 0.6) is 0 Å². The number of methoxy groups -OCH3 is 1. The van der Waals surface area contributed by atoms with Crippen LogP contribution in [0.3, 0.4) is 0 Å². The summed E-state index contributed by atoms with van der Waals surface area (Å²) in [5, 5.41) is 32.7. The molecule has 3 aliphatic heterocycles. The maximum atomic E-state index is 13.5. The van der Waals surface area contributed by atoms with Gasteiger partial charge in [-0.15, -0.1) is 0 Å². The summed E-state index contributed by atoms with van der Waals surface area (Å²) in [5.41, 5.74) is 9.20. The standard InChI is InChI=1S/C35H49N13O24P4S/c1-44(2)19(50)7-14-15(67-31(22(14)51)48-13-45(3)21-29(48)42-34(37)43-30(21)54)8-66-74(58,59)71-75(60,61)72-76(62,63)77-10-17-25(26(64-4)33(69-17)47-12-40-20-27(36)38-11-39-28(20)47)70-73(56,57)65-9-16-23(52)24(53)32(68-16)46-6-5-18(49)41-35(46)55/h5-6,11-17,22-26,31-33,51-53H,7-10H2,1-4H3,(H9-,36,37,38,39,41,42,43,49,54,55,56,57,58,59,60,61,62,63)/t14-,15-,16-,17-,22-,23-,24-,25-,26-,31-,32-,33-/m1/s1. The Labute approximate surface area is 433 Å². The maximum absolute atomic E-state index is 13.5. The predicted molar refractivity (Wildman–Crippen MR) is 253 cm³/mol. The molecule has 3 aliphatic rings. The number of hydrogen-bond acceptors (Lipinski definition) is 28. The van der Waals surface area contributed by atoms with E-state index in [-0.39, 0.29) is 45.5 Å². The van der Waals surface area contributed by atoms with Crippen LogP contribution in [0.25, 0.3) is 22.3 Å². The Hall–Kier alpha value is -4.72. The number of phosphoric acid groups is 3. The minimum absolute atomic E-state index is 0.00442. The lowest BCUT2D eigenvalue weighted by molar-refractivity contribution is -0.745. The highest BCUT2D eigenvalue weighted by Crippen LogP contribution is 2.72. The van der Waals surface area contributed by atoms with E-state index in [2.05, 4.69) is 33.5 Å². The van der Waals surface area contributed by atoms with Gasteiger partial charge >= 0.3 is 33.8 Å². The molecule has 0 bridgehead atoms. The highest BCUT2D eigenvalue weighted by molar-refractivity contribution is 8.55. The smallest absolute Gasteiger partial charge is 0.488 e. The molecule has 0 spiro atoms. The van der Waals surface area contributed by atoms with E-state index in [1.165, 1.54) is 46.1 Å². The van der Waals surface area contributed by atoms with Crippen LogP contribution >= 0.6 is 41.6 Å². The number of nitrogens with one attached hydrogen (secondary N) is 2. The second kappa shape index (κ2) is 22.4. The maximum Gasteiger partial charge on any atom is 0.488 e. The highest BCUT2D eigenvalue weighted by Gasteiger charge is 2.53. The number of aromatic nitrogens is 10. The second-order valence-corrected chi connectivity index (χ2v) is 25.8. The van der Waals surface area contributed by atoms with Crippen molar-refractivity contribution >= 4 is 81.6 Å². The molecule has 0 saturated carbocycles. The Morgan fingerprint density at radius 3 is 2.29 bits per heavy atom. The number of amides is 1. The molecule has 1 amide bonds. The molecular weight excluding hydrogens is 1140 g/mol. The topological polar surface area (TPSA) is 521 Å². The van der Waals surface area contributed by atoms with Gasteiger partial charge in [0.25, 0.3) is 24.9 Å². The van der Waals surface area contributed by atoms with Crippen molar-refractivity contribution in [3.8, 4) is 0 Å². The van der Waals surface area contributed by atoms with Gasteiger partial charge in [-0.3, -0.25) is 47.1 Å². The van der Waals surface area contributed by atoms with Crippen molar-refractivity contribution in [1.82, 2.24) is 48.5 Å². The highest BCUT2D eigenvalue weighted by atomic mass is 32.7. The van der Waals surface area contributed by atoms with E-state index in [0.29, 0.717) is 0 Å². The molecule has 42 heteroatoms. The van der Waals surface area contributed by atoms with Crippen LogP contribution in [0.1, 0.15) is 25.1 Å². The van der Waals surface area contributed by atoms with Gasteiger partial charge in [0.2, 0.25) is 17.7 Å². The first-order chi connectivity index (χ1) is 36.0. The number of aliphatic hydroxyl groups is 3. The molecule has 424 valence electrons. The average molecular weight is 1190 g/mol. The summed E-state index contributed by atoms with van der Waals surface area (Å²) in [6.07, 6.45) is -14.1. The van der Waals surface area contributed by atoms with E-state index < -0.39 is 152 Å². The van der Waals surface area contributed by atoms with Crippen molar-refractivity contribution in [1.29, 1.82) is 0 Å². The van der Waals surface area contributed by atoms with Crippen molar-refractivity contribution in [3.63, 3.8) is 0 Å². The van der Waals surface area contributed by atoms with Gasteiger partial charge in [-0.1, -0.05) is 4.98 Å². The zero-order valence-corrected chi connectivity index (χ0v) is 44.4. The fourth-order valence-corrected chi connectivity index (χ4v) is 15.4. The third-order valence-corrected chi connectivity index (χ3v) is 19.6. The molecule has 5 aromatic heterocycles. The number of nitrogen functional groups attached to an aromatic ring is 2. The minimum Gasteiger partial charge on any atom is -0.756 e. The predicted octanol–water partition coefficient (Wildman–Crippen LogP) is -4.06. The number of ether oxygens (including phenoxy) is 4. The van der Waals surface area contributed by atoms with Gasteiger partial charge in [-0.2, -0.15) is 8.62 Å². The summed E-state index contributed by atoms with van der Waals surface area (Å²) < 4.78 is 105. The number of imidazole rings is 2. The number of carbonyl (C=O) groups excluding carboxylic acids is 1. The lowest BCUT2D eigenvalue weighted by Crippen LogP contribution is -2.45. The normalized spacial score (nSPS) is 29.8.